The Hall–Kier alpha value is -2.04. The topological polar surface area (TPSA) is 58.6 Å². The Kier molecular flexibility index (Phi) is 4.84. The van der Waals surface area contributed by atoms with Crippen molar-refractivity contribution in [2.75, 3.05) is 6.61 Å². The zero-order chi connectivity index (χ0) is 16.2. The number of carboxylic acids is 1. The lowest BCUT2D eigenvalue weighted by Crippen LogP contribution is -2.38. The minimum atomic E-state index is -0.887. The number of carbonyl (C=O) groups is 1. The summed E-state index contributed by atoms with van der Waals surface area (Å²) in [5, 5.41) is 13.1. The molecule has 1 atom stereocenters. The molecule has 1 aliphatic heterocycles. The fourth-order valence-electron chi connectivity index (χ4n) is 2.69. The fourth-order valence-corrected chi connectivity index (χ4v) is 2.91. The summed E-state index contributed by atoms with van der Waals surface area (Å²) in [7, 11) is 0. The largest absolute Gasteiger partial charge is 0.493 e. The number of fused-ring (bicyclic) bond motifs is 1. The van der Waals surface area contributed by atoms with Crippen LogP contribution < -0.4 is 10.1 Å². The van der Waals surface area contributed by atoms with E-state index in [4.69, 9.17) is 16.3 Å². The third-order valence-electron chi connectivity index (χ3n) is 3.99. The van der Waals surface area contributed by atoms with E-state index in [0.29, 0.717) is 18.0 Å². The highest BCUT2D eigenvalue weighted by Crippen LogP contribution is 2.26. The third-order valence-corrected chi connectivity index (χ3v) is 4.36. The standard InChI is InChI=1S/C18H18ClNO3/c19-15-4-2-1-3-14(15)10-16(18(21)22)20-11-12-5-6-13-7-8-23-17(13)9-12/h1-6,9,16,20H,7-8,10-11H2,(H,21,22). The van der Waals surface area contributed by atoms with Crippen LogP contribution in [0.3, 0.4) is 0 Å². The Labute approximate surface area is 140 Å². The molecule has 0 aromatic heterocycles. The number of aliphatic carboxylic acids is 1. The average molecular weight is 332 g/mol. The van der Waals surface area contributed by atoms with E-state index >= 15 is 0 Å². The Bertz CT molecular complexity index is 717. The number of ether oxygens (including phenoxy) is 1. The van der Waals surface area contributed by atoms with E-state index in [9.17, 15) is 9.90 Å². The summed E-state index contributed by atoms with van der Waals surface area (Å²) in [6, 6.07) is 12.7. The lowest BCUT2D eigenvalue weighted by molar-refractivity contribution is -0.139. The van der Waals surface area contributed by atoms with Gasteiger partial charge in [0.1, 0.15) is 11.8 Å². The van der Waals surface area contributed by atoms with Crippen molar-refractivity contribution >= 4 is 17.6 Å². The first-order valence-corrected chi connectivity index (χ1v) is 7.95. The number of hydrogen-bond donors (Lipinski definition) is 2. The zero-order valence-electron chi connectivity index (χ0n) is 12.6. The number of benzene rings is 2. The molecular formula is C18H18ClNO3. The van der Waals surface area contributed by atoms with Gasteiger partial charge in [0.25, 0.3) is 0 Å². The third kappa shape index (κ3) is 3.84. The fraction of sp³-hybridized carbons (Fsp3) is 0.278. The summed E-state index contributed by atoms with van der Waals surface area (Å²) in [6.07, 6.45) is 1.28. The van der Waals surface area contributed by atoms with Crippen molar-refractivity contribution in [2.24, 2.45) is 0 Å². The van der Waals surface area contributed by atoms with E-state index < -0.39 is 12.0 Å². The SMILES string of the molecule is O=C(O)C(Cc1ccccc1Cl)NCc1ccc2c(c1)OCC2. The first kappa shape index (κ1) is 15.8. The molecule has 4 nitrogen and oxygen atoms in total. The highest BCUT2D eigenvalue weighted by molar-refractivity contribution is 6.31. The van der Waals surface area contributed by atoms with E-state index in [1.165, 1.54) is 5.56 Å². The van der Waals surface area contributed by atoms with Gasteiger partial charge < -0.3 is 15.2 Å². The van der Waals surface area contributed by atoms with E-state index in [1.807, 2.05) is 36.4 Å². The van der Waals surface area contributed by atoms with Crippen LogP contribution in [-0.2, 0) is 24.2 Å². The molecule has 0 radical (unpaired) electrons. The van der Waals surface area contributed by atoms with Gasteiger partial charge in [0.15, 0.2) is 0 Å². The molecule has 0 spiro atoms. The Morgan fingerprint density at radius 1 is 1.30 bits per heavy atom. The van der Waals surface area contributed by atoms with Crippen LogP contribution in [0.15, 0.2) is 42.5 Å². The van der Waals surface area contributed by atoms with Crippen molar-refractivity contribution in [3.8, 4) is 5.75 Å². The molecule has 0 fully saturated rings. The number of halogens is 1. The van der Waals surface area contributed by atoms with Gasteiger partial charge >= 0.3 is 5.97 Å². The molecule has 23 heavy (non-hydrogen) atoms. The lowest BCUT2D eigenvalue weighted by Gasteiger charge is -2.15. The van der Waals surface area contributed by atoms with E-state index in [2.05, 4.69) is 5.32 Å². The van der Waals surface area contributed by atoms with Crippen molar-refractivity contribution in [3.05, 3.63) is 64.2 Å². The Morgan fingerprint density at radius 3 is 2.91 bits per heavy atom. The maximum absolute atomic E-state index is 11.5. The van der Waals surface area contributed by atoms with E-state index in [1.54, 1.807) is 6.07 Å². The lowest BCUT2D eigenvalue weighted by atomic mass is 10.0. The maximum Gasteiger partial charge on any atom is 0.321 e. The number of carboxylic acid groups (broad SMARTS) is 1. The first-order valence-electron chi connectivity index (χ1n) is 7.57. The minimum absolute atomic E-state index is 0.344. The van der Waals surface area contributed by atoms with Crippen molar-refractivity contribution in [2.45, 2.75) is 25.4 Å². The van der Waals surface area contributed by atoms with Crippen LogP contribution >= 0.6 is 11.6 Å². The molecule has 1 unspecified atom stereocenters. The highest BCUT2D eigenvalue weighted by Gasteiger charge is 2.19. The second kappa shape index (κ2) is 7.02. The second-order valence-electron chi connectivity index (χ2n) is 5.61. The van der Waals surface area contributed by atoms with Crippen LogP contribution in [-0.4, -0.2) is 23.7 Å². The molecule has 1 heterocycles. The van der Waals surface area contributed by atoms with Gasteiger partial charge in [-0.1, -0.05) is 41.9 Å². The molecule has 0 amide bonds. The van der Waals surface area contributed by atoms with Crippen LogP contribution in [0.1, 0.15) is 16.7 Å². The minimum Gasteiger partial charge on any atom is -0.493 e. The van der Waals surface area contributed by atoms with E-state index in [0.717, 1.165) is 29.9 Å². The van der Waals surface area contributed by atoms with Gasteiger partial charge in [-0.15, -0.1) is 0 Å². The van der Waals surface area contributed by atoms with Crippen molar-refractivity contribution in [1.82, 2.24) is 5.32 Å². The second-order valence-corrected chi connectivity index (χ2v) is 6.01. The molecule has 5 heteroatoms. The van der Waals surface area contributed by atoms with Gasteiger partial charge in [0, 0.05) is 18.0 Å². The summed E-state index contributed by atoms with van der Waals surface area (Å²) < 4.78 is 5.54. The van der Waals surface area contributed by atoms with E-state index in [-0.39, 0.29) is 0 Å². The molecule has 120 valence electrons. The zero-order valence-corrected chi connectivity index (χ0v) is 13.3. The molecule has 0 aliphatic carbocycles. The summed E-state index contributed by atoms with van der Waals surface area (Å²) in [5.41, 5.74) is 3.04. The molecule has 0 saturated carbocycles. The van der Waals surface area contributed by atoms with Gasteiger partial charge in [-0.2, -0.15) is 0 Å². The summed E-state index contributed by atoms with van der Waals surface area (Å²) in [5.74, 6) is 0.0182. The Balaban J connectivity index is 1.66. The van der Waals surface area contributed by atoms with Gasteiger partial charge in [-0.25, -0.2) is 0 Å². The maximum atomic E-state index is 11.5. The molecule has 2 N–H and O–H groups in total. The monoisotopic (exact) mass is 331 g/mol. The normalized spacial score (nSPS) is 14.1. The molecular weight excluding hydrogens is 314 g/mol. The summed E-state index contributed by atoms with van der Waals surface area (Å²) in [6.45, 7) is 1.19. The molecule has 0 bridgehead atoms. The van der Waals surface area contributed by atoms with Crippen LogP contribution in [0, 0.1) is 0 Å². The van der Waals surface area contributed by atoms with Crippen LogP contribution in [0.25, 0.3) is 0 Å². The Morgan fingerprint density at radius 2 is 2.13 bits per heavy atom. The average Bonchev–Trinajstić information content (AvgIpc) is 3.00. The number of nitrogens with one attached hydrogen (secondary N) is 1. The van der Waals surface area contributed by atoms with Gasteiger partial charge in [0.05, 0.1) is 6.61 Å². The molecule has 2 aromatic rings. The smallest absolute Gasteiger partial charge is 0.321 e. The highest BCUT2D eigenvalue weighted by atomic mass is 35.5. The van der Waals surface area contributed by atoms with Gasteiger partial charge in [0.2, 0.25) is 0 Å². The molecule has 2 aromatic carbocycles. The molecule has 3 rings (SSSR count). The van der Waals surface area contributed by atoms with Gasteiger partial charge in [-0.3, -0.25) is 4.79 Å². The quantitative estimate of drug-likeness (QED) is 0.854. The van der Waals surface area contributed by atoms with Crippen LogP contribution in [0.4, 0.5) is 0 Å². The molecule has 0 saturated heterocycles. The molecule has 1 aliphatic rings. The number of hydrogen-bond acceptors (Lipinski definition) is 3. The summed E-state index contributed by atoms with van der Waals surface area (Å²) >= 11 is 6.12. The number of rotatable bonds is 6. The van der Waals surface area contributed by atoms with Crippen molar-refractivity contribution in [1.29, 1.82) is 0 Å². The van der Waals surface area contributed by atoms with Gasteiger partial charge in [-0.05, 0) is 35.2 Å². The summed E-state index contributed by atoms with van der Waals surface area (Å²) in [4.78, 5) is 11.5. The predicted octanol–water partition coefficient (Wildman–Crippen LogP) is 3.06. The van der Waals surface area contributed by atoms with Crippen molar-refractivity contribution in [3.63, 3.8) is 0 Å². The van der Waals surface area contributed by atoms with Crippen LogP contribution in [0.5, 0.6) is 5.75 Å². The predicted molar refractivity (Wildman–Crippen MR) is 89.1 cm³/mol. The van der Waals surface area contributed by atoms with Crippen molar-refractivity contribution < 1.29 is 14.6 Å². The first-order chi connectivity index (χ1) is 11.1. The van der Waals surface area contributed by atoms with Crippen LogP contribution in [0.2, 0.25) is 5.02 Å².